The first-order chi connectivity index (χ1) is 11.9. The number of aromatic nitrogens is 1. The Morgan fingerprint density at radius 3 is 2.38 bits per heavy atom. The van der Waals surface area contributed by atoms with E-state index in [4.69, 9.17) is 27.9 Å². The van der Waals surface area contributed by atoms with Crippen LogP contribution < -0.4 is 0 Å². The van der Waals surface area contributed by atoms with Gasteiger partial charge in [-0.3, -0.25) is 4.98 Å². The SMILES string of the molecule is Cc1c(C(F)(F)F)cnc(-c2cc(C(=O)OC(C)C)c(Cl)cc2F)c1Cl. The molecule has 0 radical (unpaired) electrons. The molecule has 0 aliphatic carbocycles. The maximum Gasteiger partial charge on any atom is 0.418 e. The number of nitrogens with zero attached hydrogens (tertiary/aromatic N) is 1. The van der Waals surface area contributed by atoms with Crippen molar-refractivity contribution < 1.29 is 27.1 Å². The molecule has 0 spiro atoms. The normalized spacial score (nSPS) is 11.8. The van der Waals surface area contributed by atoms with Gasteiger partial charge in [-0.05, 0) is 38.5 Å². The lowest BCUT2D eigenvalue weighted by molar-refractivity contribution is -0.138. The van der Waals surface area contributed by atoms with Crippen LogP contribution in [0.3, 0.4) is 0 Å². The highest BCUT2D eigenvalue weighted by Crippen LogP contribution is 2.39. The third kappa shape index (κ3) is 4.10. The summed E-state index contributed by atoms with van der Waals surface area (Å²) in [5, 5.41) is -0.569. The zero-order chi connectivity index (χ0) is 19.8. The molecule has 1 heterocycles. The fourth-order valence-electron chi connectivity index (χ4n) is 2.22. The Labute approximate surface area is 156 Å². The van der Waals surface area contributed by atoms with E-state index in [9.17, 15) is 22.4 Å². The number of alkyl halides is 3. The van der Waals surface area contributed by atoms with E-state index in [1.165, 1.54) is 0 Å². The van der Waals surface area contributed by atoms with Crippen molar-refractivity contribution in [1.82, 2.24) is 4.98 Å². The molecule has 3 nitrogen and oxygen atoms in total. The second-order valence-electron chi connectivity index (χ2n) is 5.72. The van der Waals surface area contributed by atoms with E-state index in [0.29, 0.717) is 6.20 Å². The van der Waals surface area contributed by atoms with E-state index >= 15 is 0 Å². The van der Waals surface area contributed by atoms with Crippen LogP contribution in [0.25, 0.3) is 11.3 Å². The highest BCUT2D eigenvalue weighted by Gasteiger charge is 2.34. The lowest BCUT2D eigenvalue weighted by Gasteiger charge is -2.15. The predicted molar refractivity (Wildman–Crippen MR) is 89.9 cm³/mol. The van der Waals surface area contributed by atoms with Crippen molar-refractivity contribution in [2.45, 2.75) is 33.1 Å². The molecular formula is C17H13Cl2F4NO2. The number of carbonyl (C=O) groups excluding carboxylic acids is 1. The van der Waals surface area contributed by atoms with Crippen LogP contribution in [0.2, 0.25) is 10.0 Å². The third-order valence-electron chi connectivity index (χ3n) is 3.44. The van der Waals surface area contributed by atoms with Gasteiger partial charge < -0.3 is 4.74 Å². The molecule has 0 amide bonds. The second-order valence-corrected chi connectivity index (χ2v) is 6.51. The molecule has 0 N–H and O–H groups in total. The molecule has 1 aromatic carbocycles. The summed E-state index contributed by atoms with van der Waals surface area (Å²) in [6, 6.07) is 1.92. The molecule has 0 atom stereocenters. The van der Waals surface area contributed by atoms with Gasteiger partial charge in [-0.25, -0.2) is 9.18 Å². The summed E-state index contributed by atoms with van der Waals surface area (Å²) in [5.74, 6) is -1.68. The molecule has 1 aromatic heterocycles. The average molecular weight is 410 g/mol. The lowest BCUT2D eigenvalue weighted by Crippen LogP contribution is -2.13. The first-order valence-corrected chi connectivity index (χ1v) is 8.11. The fourth-order valence-corrected chi connectivity index (χ4v) is 2.70. The summed E-state index contributed by atoms with van der Waals surface area (Å²) in [6.45, 7) is 4.39. The van der Waals surface area contributed by atoms with Crippen molar-refractivity contribution in [2.24, 2.45) is 0 Å². The van der Waals surface area contributed by atoms with Gasteiger partial charge in [0, 0.05) is 11.8 Å². The monoisotopic (exact) mass is 409 g/mol. The Bertz CT molecular complexity index is 867. The van der Waals surface area contributed by atoms with Crippen LogP contribution in [0, 0.1) is 12.7 Å². The Balaban J connectivity index is 2.62. The van der Waals surface area contributed by atoms with Crippen LogP contribution in [0.4, 0.5) is 17.6 Å². The van der Waals surface area contributed by atoms with Gasteiger partial charge >= 0.3 is 12.1 Å². The zero-order valence-corrected chi connectivity index (χ0v) is 15.4. The van der Waals surface area contributed by atoms with E-state index in [1.807, 2.05) is 0 Å². The second kappa shape index (κ2) is 7.40. The number of halogens is 6. The Morgan fingerprint density at radius 2 is 1.85 bits per heavy atom. The van der Waals surface area contributed by atoms with E-state index in [1.54, 1.807) is 13.8 Å². The van der Waals surface area contributed by atoms with Crippen molar-refractivity contribution >= 4 is 29.2 Å². The van der Waals surface area contributed by atoms with Crippen LogP contribution >= 0.6 is 23.2 Å². The van der Waals surface area contributed by atoms with E-state index in [2.05, 4.69) is 4.98 Å². The number of esters is 1. The van der Waals surface area contributed by atoms with Crippen LogP contribution in [-0.4, -0.2) is 17.1 Å². The van der Waals surface area contributed by atoms with Gasteiger partial charge in [-0.15, -0.1) is 0 Å². The topological polar surface area (TPSA) is 39.2 Å². The summed E-state index contributed by atoms with van der Waals surface area (Å²) in [4.78, 5) is 15.7. The molecule has 2 aromatic rings. The molecule has 0 saturated heterocycles. The molecule has 2 rings (SSSR count). The highest BCUT2D eigenvalue weighted by atomic mass is 35.5. The standard InChI is InChI=1S/C17H13Cl2F4NO2/c1-7(2)26-16(25)9-4-10(13(20)5-12(9)18)15-14(19)8(3)11(6-24-15)17(21,22)23/h4-7H,1-3H3. The number of hydrogen-bond donors (Lipinski definition) is 0. The zero-order valence-electron chi connectivity index (χ0n) is 13.8. The van der Waals surface area contributed by atoms with Gasteiger partial charge in [0.15, 0.2) is 0 Å². The number of ether oxygens (including phenoxy) is 1. The maximum atomic E-state index is 14.3. The number of pyridine rings is 1. The summed E-state index contributed by atoms with van der Waals surface area (Å²) < 4.78 is 58.2. The van der Waals surface area contributed by atoms with Gasteiger partial charge in [-0.2, -0.15) is 13.2 Å². The largest absolute Gasteiger partial charge is 0.459 e. The van der Waals surface area contributed by atoms with Gasteiger partial charge in [-0.1, -0.05) is 23.2 Å². The number of rotatable bonds is 3. The number of hydrogen-bond acceptors (Lipinski definition) is 3. The summed E-state index contributed by atoms with van der Waals surface area (Å²) in [7, 11) is 0. The average Bonchev–Trinajstić information content (AvgIpc) is 2.48. The molecule has 0 fully saturated rings. The smallest absolute Gasteiger partial charge is 0.418 e. The highest BCUT2D eigenvalue weighted by molar-refractivity contribution is 6.35. The van der Waals surface area contributed by atoms with Crippen molar-refractivity contribution in [3.63, 3.8) is 0 Å². The van der Waals surface area contributed by atoms with Crippen molar-refractivity contribution in [1.29, 1.82) is 0 Å². The number of carbonyl (C=O) groups is 1. The van der Waals surface area contributed by atoms with Crippen LogP contribution in [0.5, 0.6) is 0 Å². The van der Waals surface area contributed by atoms with Gasteiger partial charge in [0.05, 0.1) is 33.0 Å². The minimum absolute atomic E-state index is 0.146. The first kappa shape index (κ1) is 20.5. The third-order valence-corrected chi connectivity index (χ3v) is 4.22. The van der Waals surface area contributed by atoms with Gasteiger partial charge in [0.1, 0.15) is 5.82 Å². The summed E-state index contributed by atoms with van der Waals surface area (Å²) >= 11 is 11.9. The molecule has 0 bridgehead atoms. The minimum atomic E-state index is -4.65. The molecule has 26 heavy (non-hydrogen) atoms. The Hall–Kier alpha value is -1.86. The van der Waals surface area contributed by atoms with E-state index in [0.717, 1.165) is 19.1 Å². The molecule has 0 aliphatic heterocycles. The van der Waals surface area contributed by atoms with Crippen LogP contribution in [0.1, 0.15) is 35.3 Å². The van der Waals surface area contributed by atoms with E-state index in [-0.39, 0.29) is 32.4 Å². The molecule has 9 heteroatoms. The van der Waals surface area contributed by atoms with Crippen LogP contribution in [-0.2, 0) is 10.9 Å². The molecule has 0 aliphatic rings. The molecule has 140 valence electrons. The number of benzene rings is 1. The van der Waals surface area contributed by atoms with Crippen molar-refractivity contribution in [3.05, 3.63) is 50.9 Å². The fraction of sp³-hybridized carbons (Fsp3) is 0.294. The Morgan fingerprint density at radius 1 is 1.23 bits per heavy atom. The van der Waals surface area contributed by atoms with Gasteiger partial charge in [0.2, 0.25) is 0 Å². The molecular weight excluding hydrogens is 397 g/mol. The first-order valence-electron chi connectivity index (χ1n) is 7.36. The van der Waals surface area contributed by atoms with Gasteiger partial charge in [0.25, 0.3) is 0 Å². The van der Waals surface area contributed by atoms with Crippen molar-refractivity contribution in [2.75, 3.05) is 0 Å². The maximum absolute atomic E-state index is 14.3. The van der Waals surface area contributed by atoms with Crippen molar-refractivity contribution in [3.8, 4) is 11.3 Å². The molecule has 0 saturated carbocycles. The summed E-state index contributed by atoms with van der Waals surface area (Å²) in [6.07, 6.45) is -4.53. The predicted octanol–water partition coefficient (Wildman–Crippen LogP) is 6.09. The summed E-state index contributed by atoms with van der Waals surface area (Å²) in [5.41, 5.74) is -1.96. The lowest BCUT2D eigenvalue weighted by atomic mass is 10.0. The van der Waals surface area contributed by atoms with Crippen LogP contribution in [0.15, 0.2) is 18.3 Å². The van der Waals surface area contributed by atoms with E-state index < -0.39 is 29.6 Å². The minimum Gasteiger partial charge on any atom is -0.459 e. The Kier molecular flexibility index (Phi) is 5.82. The quantitative estimate of drug-likeness (QED) is 0.454. The molecule has 0 unspecified atom stereocenters.